The van der Waals surface area contributed by atoms with Crippen molar-refractivity contribution < 1.29 is 19.4 Å². The molecule has 158 valence electrons. The summed E-state index contributed by atoms with van der Waals surface area (Å²) in [5, 5.41) is 13.2. The molecule has 5 nitrogen and oxygen atoms in total. The number of amides is 1. The van der Waals surface area contributed by atoms with Crippen molar-refractivity contribution in [1.82, 2.24) is 5.32 Å². The molecule has 1 aliphatic heterocycles. The second kappa shape index (κ2) is 10.7. The quantitative estimate of drug-likeness (QED) is 0.514. The molecule has 0 fully saturated rings. The molecule has 1 aliphatic rings. The number of phenolic OH excluding ortho intramolecular Hbond substituents is 1. The lowest BCUT2D eigenvalue weighted by Gasteiger charge is -2.14. The SMILES string of the molecule is COc1cc2c(c(O)c1OC/C=C(\C)CC/C=C(\C)CCC=C(C)C)CNC2=O. The lowest BCUT2D eigenvalue weighted by atomic mass is 10.1. The molecule has 0 spiro atoms. The number of carbonyl (C=O) groups is 1. The van der Waals surface area contributed by atoms with Gasteiger partial charge in [0.1, 0.15) is 6.61 Å². The highest BCUT2D eigenvalue weighted by Gasteiger charge is 2.27. The summed E-state index contributed by atoms with van der Waals surface area (Å²) in [4.78, 5) is 11.8. The van der Waals surface area contributed by atoms with Gasteiger partial charge in [0.15, 0.2) is 11.5 Å². The average molecular weight is 400 g/mol. The summed E-state index contributed by atoms with van der Waals surface area (Å²) < 4.78 is 11.1. The Morgan fingerprint density at radius 3 is 2.41 bits per heavy atom. The predicted octanol–water partition coefficient (Wildman–Crippen LogP) is 5.44. The summed E-state index contributed by atoms with van der Waals surface area (Å²) in [6.07, 6.45) is 10.8. The normalized spacial score (nSPS) is 13.8. The number of aromatic hydroxyl groups is 1. The zero-order valence-corrected chi connectivity index (χ0v) is 18.2. The molecule has 0 unspecified atom stereocenters. The van der Waals surface area contributed by atoms with E-state index in [1.807, 2.05) is 6.08 Å². The van der Waals surface area contributed by atoms with Crippen molar-refractivity contribution in [3.8, 4) is 17.2 Å². The number of fused-ring (bicyclic) bond motifs is 1. The largest absolute Gasteiger partial charge is 0.504 e. The molecule has 29 heavy (non-hydrogen) atoms. The number of allylic oxidation sites excluding steroid dienone is 5. The van der Waals surface area contributed by atoms with Crippen molar-refractivity contribution in [3.05, 3.63) is 52.1 Å². The fraction of sp³-hybridized carbons (Fsp3) is 0.458. The Kier molecular flexibility index (Phi) is 8.37. The minimum Gasteiger partial charge on any atom is -0.504 e. The van der Waals surface area contributed by atoms with Crippen molar-refractivity contribution in [3.63, 3.8) is 0 Å². The first kappa shape index (κ1) is 22.6. The van der Waals surface area contributed by atoms with E-state index in [-0.39, 0.29) is 17.4 Å². The highest BCUT2D eigenvalue weighted by Crippen LogP contribution is 2.42. The lowest BCUT2D eigenvalue weighted by Crippen LogP contribution is -2.12. The summed E-state index contributed by atoms with van der Waals surface area (Å²) in [7, 11) is 1.49. The minimum atomic E-state index is -0.208. The van der Waals surface area contributed by atoms with Crippen LogP contribution in [0.5, 0.6) is 17.2 Å². The van der Waals surface area contributed by atoms with Gasteiger partial charge in [-0.1, -0.05) is 28.9 Å². The van der Waals surface area contributed by atoms with Crippen LogP contribution >= 0.6 is 0 Å². The number of rotatable bonds is 10. The van der Waals surface area contributed by atoms with E-state index >= 15 is 0 Å². The maximum Gasteiger partial charge on any atom is 0.252 e. The first-order chi connectivity index (χ1) is 13.8. The summed E-state index contributed by atoms with van der Waals surface area (Å²) in [6, 6.07) is 1.62. The molecule has 0 bridgehead atoms. The number of carbonyl (C=O) groups excluding carboxylic acids is 1. The molecule has 0 saturated carbocycles. The zero-order chi connectivity index (χ0) is 21.4. The monoisotopic (exact) mass is 399 g/mol. The third kappa shape index (κ3) is 6.41. The van der Waals surface area contributed by atoms with E-state index in [9.17, 15) is 9.90 Å². The minimum absolute atomic E-state index is 0.0290. The van der Waals surface area contributed by atoms with Gasteiger partial charge in [0.05, 0.1) is 12.7 Å². The molecule has 0 atom stereocenters. The number of phenols is 1. The Bertz CT molecular complexity index is 830. The van der Waals surface area contributed by atoms with Crippen LogP contribution in [-0.4, -0.2) is 24.7 Å². The Hall–Kier alpha value is -2.69. The van der Waals surface area contributed by atoms with Crippen LogP contribution in [0, 0.1) is 0 Å². The maximum atomic E-state index is 11.8. The topological polar surface area (TPSA) is 67.8 Å². The molecular formula is C24H33NO4. The molecule has 1 heterocycles. The van der Waals surface area contributed by atoms with Crippen LogP contribution in [0.3, 0.4) is 0 Å². The van der Waals surface area contributed by atoms with Gasteiger partial charge in [-0.25, -0.2) is 0 Å². The lowest BCUT2D eigenvalue weighted by molar-refractivity contribution is 0.0965. The Morgan fingerprint density at radius 2 is 1.76 bits per heavy atom. The van der Waals surface area contributed by atoms with Crippen LogP contribution < -0.4 is 14.8 Å². The predicted molar refractivity (Wildman–Crippen MR) is 117 cm³/mol. The Balaban J connectivity index is 1.89. The van der Waals surface area contributed by atoms with Crippen molar-refractivity contribution in [2.45, 2.75) is 59.9 Å². The number of nitrogens with one attached hydrogen (secondary N) is 1. The van der Waals surface area contributed by atoms with E-state index in [1.165, 1.54) is 23.8 Å². The van der Waals surface area contributed by atoms with E-state index in [0.29, 0.717) is 30.0 Å². The third-order valence-corrected chi connectivity index (χ3v) is 5.00. The van der Waals surface area contributed by atoms with Gasteiger partial charge in [-0.15, -0.1) is 0 Å². The molecule has 2 rings (SSSR count). The fourth-order valence-corrected chi connectivity index (χ4v) is 3.21. The van der Waals surface area contributed by atoms with Gasteiger partial charge >= 0.3 is 0 Å². The number of ether oxygens (including phenoxy) is 2. The van der Waals surface area contributed by atoms with Crippen LogP contribution in [0.2, 0.25) is 0 Å². The van der Waals surface area contributed by atoms with Crippen molar-refractivity contribution in [2.24, 2.45) is 0 Å². The molecule has 0 saturated heterocycles. The van der Waals surface area contributed by atoms with Gasteiger partial charge in [-0.2, -0.15) is 0 Å². The van der Waals surface area contributed by atoms with Crippen molar-refractivity contribution >= 4 is 5.91 Å². The van der Waals surface area contributed by atoms with Gasteiger partial charge in [-0.3, -0.25) is 4.79 Å². The number of hydrogen-bond acceptors (Lipinski definition) is 4. The molecule has 2 N–H and O–H groups in total. The Labute approximate surface area is 174 Å². The van der Waals surface area contributed by atoms with Crippen LogP contribution in [-0.2, 0) is 6.54 Å². The van der Waals surface area contributed by atoms with Gasteiger partial charge < -0.3 is 19.9 Å². The van der Waals surface area contributed by atoms with Gasteiger partial charge in [0, 0.05) is 12.1 Å². The molecule has 5 heteroatoms. The number of methoxy groups -OCH3 is 1. The first-order valence-electron chi connectivity index (χ1n) is 10.1. The molecular weight excluding hydrogens is 366 g/mol. The van der Waals surface area contributed by atoms with Crippen LogP contribution in [0.15, 0.2) is 41.0 Å². The third-order valence-electron chi connectivity index (χ3n) is 5.00. The van der Waals surface area contributed by atoms with Gasteiger partial charge in [-0.05, 0) is 65.5 Å². The molecule has 1 aromatic rings. The fourth-order valence-electron chi connectivity index (χ4n) is 3.21. The number of hydrogen-bond donors (Lipinski definition) is 2. The molecule has 0 aromatic heterocycles. The average Bonchev–Trinajstić information content (AvgIpc) is 3.04. The van der Waals surface area contributed by atoms with Crippen LogP contribution in [0.25, 0.3) is 0 Å². The smallest absolute Gasteiger partial charge is 0.252 e. The summed E-state index contributed by atoms with van der Waals surface area (Å²) in [6.45, 7) is 9.16. The van der Waals surface area contributed by atoms with Gasteiger partial charge in [0.2, 0.25) is 5.75 Å². The second-order valence-electron chi connectivity index (χ2n) is 7.74. The molecule has 1 aromatic carbocycles. The zero-order valence-electron chi connectivity index (χ0n) is 18.2. The molecule has 0 radical (unpaired) electrons. The highest BCUT2D eigenvalue weighted by molar-refractivity contribution is 6.00. The maximum absolute atomic E-state index is 11.8. The van der Waals surface area contributed by atoms with E-state index in [1.54, 1.807) is 6.07 Å². The molecule has 0 aliphatic carbocycles. The van der Waals surface area contributed by atoms with Crippen molar-refractivity contribution in [2.75, 3.05) is 13.7 Å². The van der Waals surface area contributed by atoms with Gasteiger partial charge in [0.25, 0.3) is 5.91 Å². The number of benzene rings is 1. The highest BCUT2D eigenvalue weighted by atomic mass is 16.5. The standard InChI is InChI=1S/C24H33NO4/c1-16(2)8-6-9-17(3)10-7-11-18(4)12-13-29-23-21(28-5)14-19-20(22(23)26)15-25-24(19)27/h8,10,12,14,26H,6-7,9,11,13,15H2,1-5H3,(H,25,27)/b17-10+,18-12+. The summed E-state index contributed by atoms with van der Waals surface area (Å²) in [5.74, 6) is 0.403. The summed E-state index contributed by atoms with van der Waals surface area (Å²) >= 11 is 0. The van der Waals surface area contributed by atoms with Crippen LogP contribution in [0.1, 0.15) is 69.3 Å². The Morgan fingerprint density at radius 1 is 1.10 bits per heavy atom. The first-order valence-corrected chi connectivity index (χ1v) is 10.1. The molecule has 1 amide bonds. The second-order valence-corrected chi connectivity index (χ2v) is 7.74. The van der Waals surface area contributed by atoms with E-state index in [4.69, 9.17) is 9.47 Å². The van der Waals surface area contributed by atoms with Crippen LogP contribution in [0.4, 0.5) is 0 Å². The van der Waals surface area contributed by atoms with E-state index in [0.717, 1.165) is 25.7 Å². The van der Waals surface area contributed by atoms with Crippen molar-refractivity contribution in [1.29, 1.82) is 0 Å². The summed E-state index contributed by atoms with van der Waals surface area (Å²) in [5.41, 5.74) is 5.01. The van der Waals surface area contributed by atoms with E-state index in [2.05, 4.69) is 45.2 Å². The van der Waals surface area contributed by atoms with E-state index < -0.39 is 0 Å².